The quantitative estimate of drug-likeness (QED) is 0.241. The molecule has 0 fully saturated rings. The first kappa shape index (κ1) is 30.1. The second kappa shape index (κ2) is 18.9. The Labute approximate surface area is 178 Å². The van der Waals surface area contributed by atoms with Gasteiger partial charge in [0.25, 0.3) is 0 Å². The van der Waals surface area contributed by atoms with Gasteiger partial charge in [0.1, 0.15) is 0 Å². The Bertz CT molecular complexity index is 302. The number of aliphatic hydroxyl groups excluding tert-OH is 1. The third-order valence-corrected chi connectivity index (χ3v) is 6.25. The highest BCUT2D eigenvalue weighted by Crippen LogP contribution is 2.35. The van der Waals surface area contributed by atoms with Crippen molar-refractivity contribution in [2.24, 2.45) is 11.3 Å². The minimum atomic E-state index is -0.558. The van der Waals surface area contributed by atoms with Crippen molar-refractivity contribution < 1.29 is 10.2 Å². The van der Waals surface area contributed by atoms with Crippen molar-refractivity contribution in [3.05, 3.63) is 0 Å². The molecule has 0 aromatic carbocycles. The molecule has 2 N–H and O–H groups in total. The summed E-state index contributed by atoms with van der Waals surface area (Å²) in [5.41, 5.74) is -0.517. The highest BCUT2D eigenvalue weighted by molar-refractivity contribution is 4.85. The van der Waals surface area contributed by atoms with E-state index in [1.807, 2.05) is 13.8 Å². The van der Waals surface area contributed by atoms with Crippen LogP contribution in [0.25, 0.3) is 0 Å². The Morgan fingerprint density at radius 1 is 0.643 bits per heavy atom. The molecule has 0 aliphatic carbocycles. The molecular formula is C26H56O2. The standard InChI is InChI=1S/2C13H28O/c1-6-7-8-9-10-11-12(2,3)13(4,5)14;1-13(2)11-9-7-5-3-4-6-8-10-12-14/h14H,6-11H2,1-5H3;13-14H,3-12H2,1-2H3. The fraction of sp³-hybridized carbons (Fsp3) is 1.00. The summed E-state index contributed by atoms with van der Waals surface area (Å²) in [6.07, 6.45) is 19.6. The molecule has 0 amide bonds. The number of aliphatic hydroxyl groups is 2. The lowest BCUT2D eigenvalue weighted by Crippen LogP contribution is -2.38. The number of hydrogen-bond acceptors (Lipinski definition) is 2. The highest BCUT2D eigenvalue weighted by Gasteiger charge is 2.33. The smallest absolute Gasteiger partial charge is 0.0642 e. The highest BCUT2D eigenvalue weighted by atomic mass is 16.3. The third-order valence-electron chi connectivity index (χ3n) is 6.25. The van der Waals surface area contributed by atoms with Crippen molar-refractivity contribution in [2.45, 2.75) is 150 Å². The first-order valence-electron chi connectivity index (χ1n) is 12.4. The lowest BCUT2D eigenvalue weighted by Gasteiger charge is -2.37. The van der Waals surface area contributed by atoms with Crippen LogP contribution >= 0.6 is 0 Å². The van der Waals surface area contributed by atoms with E-state index in [4.69, 9.17) is 5.11 Å². The summed E-state index contributed by atoms with van der Waals surface area (Å²) in [5, 5.41) is 18.5. The first-order valence-corrected chi connectivity index (χ1v) is 12.4. The second-order valence-electron chi connectivity index (χ2n) is 10.3. The zero-order valence-corrected chi connectivity index (χ0v) is 20.8. The average Bonchev–Trinajstić information content (AvgIpc) is 2.59. The van der Waals surface area contributed by atoms with Gasteiger partial charge in [-0.05, 0) is 38.0 Å². The Morgan fingerprint density at radius 3 is 1.50 bits per heavy atom. The fourth-order valence-electron chi connectivity index (χ4n) is 3.20. The predicted octanol–water partition coefficient (Wildman–Crippen LogP) is 8.29. The molecule has 0 aliphatic rings. The van der Waals surface area contributed by atoms with Gasteiger partial charge in [0, 0.05) is 6.61 Å². The van der Waals surface area contributed by atoms with Crippen LogP contribution in [0.15, 0.2) is 0 Å². The van der Waals surface area contributed by atoms with E-state index in [0.717, 1.165) is 18.8 Å². The van der Waals surface area contributed by atoms with Crippen LogP contribution in [0, 0.1) is 11.3 Å². The van der Waals surface area contributed by atoms with Crippen LogP contribution in [0.5, 0.6) is 0 Å². The summed E-state index contributed by atoms with van der Waals surface area (Å²) in [6, 6.07) is 0. The van der Waals surface area contributed by atoms with Gasteiger partial charge in [-0.15, -0.1) is 0 Å². The molecule has 172 valence electrons. The number of rotatable bonds is 17. The van der Waals surface area contributed by atoms with Gasteiger partial charge >= 0.3 is 0 Å². The SMILES string of the molecule is CC(C)CCCCCCCCCCO.CCCCCCCC(C)(C)C(C)(C)O. The minimum Gasteiger partial charge on any atom is -0.396 e. The van der Waals surface area contributed by atoms with Crippen LogP contribution in [-0.4, -0.2) is 22.4 Å². The number of unbranched alkanes of at least 4 members (excludes halogenated alkanes) is 11. The maximum Gasteiger partial charge on any atom is 0.0642 e. The van der Waals surface area contributed by atoms with E-state index in [0.29, 0.717) is 6.61 Å². The van der Waals surface area contributed by atoms with Crippen molar-refractivity contribution in [3.8, 4) is 0 Å². The van der Waals surface area contributed by atoms with Gasteiger partial charge in [-0.3, -0.25) is 0 Å². The van der Waals surface area contributed by atoms with E-state index in [1.54, 1.807) is 0 Å². The summed E-state index contributed by atoms with van der Waals surface area (Å²) in [7, 11) is 0. The normalized spacial score (nSPS) is 12.2. The summed E-state index contributed by atoms with van der Waals surface area (Å²) < 4.78 is 0. The lowest BCUT2D eigenvalue weighted by atomic mass is 9.73. The molecule has 0 saturated carbocycles. The molecule has 0 aliphatic heterocycles. The zero-order chi connectivity index (χ0) is 21.9. The van der Waals surface area contributed by atoms with Gasteiger partial charge < -0.3 is 10.2 Å². The van der Waals surface area contributed by atoms with E-state index in [2.05, 4.69) is 34.6 Å². The molecule has 2 heteroatoms. The van der Waals surface area contributed by atoms with E-state index in [9.17, 15) is 5.11 Å². The monoisotopic (exact) mass is 400 g/mol. The van der Waals surface area contributed by atoms with Gasteiger partial charge in [0.15, 0.2) is 0 Å². The number of hydrogen-bond donors (Lipinski definition) is 2. The van der Waals surface area contributed by atoms with Crippen LogP contribution in [0.3, 0.4) is 0 Å². The van der Waals surface area contributed by atoms with Gasteiger partial charge in [0.2, 0.25) is 0 Å². The van der Waals surface area contributed by atoms with E-state index < -0.39 is 5.60 Å². The maximum absolute atomic E-state index is 9.95. The molecule has 0 rings (SSSR count). The van der Waals surface area contributed by atoms with Crippen molar-refractivity contribution in [1.82, 2.24) is 0 Å². The molecule has 2 nitrogen and oxygen atoms in total. The Kier molecular flexibility index (Phi) is 20.3. The largest absolute Gasteiger partial charge is 0.396 e. The van der Waals surface area contributed by atoms with E-state index in [1.165, 1.54) is 83.5 Å². The lowest BCUT2D eigenvalue weighted by molar-refractivity contribution is -0.0405. The molecule has 0 atom stereocenters. The van der Waals surface area contributed by atoms with Gasteiger partial charge in [0.05, 0.1) is 5.60 Å². The minimum absolute atomic E-state index is 0.0409. The van der Waals surface area contributed by atoms with Crippen molar-refractivity contribution in [3.63, 3.8) is 0 Å². The Hall–Kier alpha value is -0.0800. The van der Waals surface area contributed by atoms with E-state index >= 15 is 0 Å². The zero-order valence-electron chi connectivity index (χ0n) is 20.8. The molecule has 0 radical (unpaired) electrons. The van der Waals surface area contributed by atoms with Crippen molar-refractivity contribution in [1.29, 1.82) is 0 Å². The molecular weight excluding hydrogens is 344 g/mol. The van der Waals surface area contributed by atoms with E-state index in [-0.39, 0.29) is 5.41 Å². The topological polar surface area (TPSA) is 40.5 Å². The summed E-state index contributed by atoms with van der Waals surface area (Å²) in [5.74, 6) is 0.875. The first-order chi connectivity index (χ1) is 13.1. The summed E-state index contributed by atoms with van der Waals surface area (Å²) >= 11 is 0. The Balaban J connectivity index is 0. The average molecular weight is 401 g/mol. The maximum atomic E-state index is 9.95. The van der Waals surface area contributed by atoms with Crippen molar-refractivity contribution >= 4 is 0 Å². The van der Waals surface area contributed by atoms with Gasteiger partial charge in [-0.25, -0.2) is 0 Å². The van der Waals surface area contributed by atoms with Crippen LogP contribution in [0.4, 0.5) is 0 Å². The van der Waals surface area contributed by atoms with Crippen LogP contribution in [0.1, 0.15) is 145 Å². The molecule has 0 unspecified atom stereocenters. The molecule has 0 saturated heterocycles. The van der Waals surface area contributed by atoms with Crippen LogP contribution < -0.4 is 0 Å². The van der Waals surface area contributed by atoms with Crippen molar-refractivity contribution in [2.75, 3.05) is 6.61 Å². The summed E-state index contributed by atoms with van der Waals surface area (Å²) in [6.45, 7) is 15.4. The fourth-order valence-corrected chi connectivity index (χ4v) is 3.20. The molecule has 28 heavy (non-hydrogen) atoms. The third kappa shape index (κ3) is 20.6. The molecule has 0 heterocycles. The second-order valence-corrected chi connectivity index (χ2v) is 10.3. The van der Waals surface area contributed by atoms with Crippen LogP contribution in [-0.2, 0) is 0 Å². The molecule has 0 aromatic heterocycles. The molecule has 0 spiro atoms. The predicted molar refractivity (Wildman–Crippen MR) is 127 cm³/mol. The van der Waals surface area contributed by atoms with Gasteiger partial charge in [-0.1, -0.05) is 118 Å². The van der Waals surface area contributed by atoms with Crippen LogP contribution in [0.2, 0.25) is 0 Å². The Morgan fingerprint density at radius 2 is 1.07 bits per heavy atom. The van der Waals surface area contributed by atoms with Gasteiger partial charge in [-0.2, -0.15) is 0 Å². The summed E-state index contributed by atoms with van der Waals surface area (Å²) in [4.78, 5) is 0. The molecule has 0 bridgehead atoms. The molecule has 0 aromatic rings.